The molecule has 3 N–H and O–H groups in total. The zero-order chi connectivity index (χ0) is 13.9. The number of rotatable bonds is 3. The largest absolute Gasteiger partial charge is 0.329 e. The number of hydrogen-bond donors (Lipinski definition) is 2. The molecule has 19 heavy (non-hydrogen) atoms. The minimum Gasteiger partial charge on any atom is -0.329 e. The van der Waals surface area contributed by atoms with Crippen LogP contribution < -0.4 is 11.1 Å². The molecule has 1 saturated carbocycles. The highest BCUT2D eigenvalue weighted by Crippen LogP contribution is 2.39. The Bertz CT molecular complexity index is 456. The molecule has 2 rings (SSSR count). The number of aromatic nitrogens is 1. The molecule has 1 aliphatic rings. The van der Waals surface area contributed by atoms with Gasteiger partial charge < -0.3 is 11.1 Å². The topological polar surface area (TPSA) is 68.0 Å². The number of carbonyl (C=O) groups is 1. The molecule has 1 aromatic heterocycles. The lowest BCUT2D eigenvalue weighted by atomic mass is 9.70. The molecule has 1 amide bonds. The fraction of sp³-hybridized carbons (Fsp3) is 0.571. The predicted molar refractivity (Wildman–Crippen MR) is 77.0 cm³/mol. The summed E-state index contributed by atoms with van der Waals surface area (Å²) < 4.78 is 0. The Kier molecular flexibility index (Phi) is 4.42. The van der Waals surface area contributed by atoms with Gasteiger partial charge in [-0.25, -0.2) is 0 Å². The second-order valence-electron chi connectivity index (χ2n) is 5.48. The molecule has 5 heteroatoms. The molecule has 1 heterocycles. The molecule has 0 atom stereocenters. The maximum atomic E-state index is 12.5. The number of nitrogens with two attached hydrogens (primary N) is 1. The number of nitrogens with zero attached hydrogens (tertiary/aromatic N) is 1. The molecule has 0 unspecified atom stereocenters. The number of amides is 1. The number of nitrogens with one attached hydrogen (secondary N) is 1. The Balaban J connectivity index is 2.12. The van der Waals surface area contributed by atoms with Crippen molar-refractivity contribution in [3.05, 3.63) is 23.5 Å². The normalized spacial score (nSPS) is 27.0. The highest BCUT2D eigenvalue weighted by atomic mass is 35.5. The van der Waals surface area contributed by atoms with Gasteiger partial charge in [-0.05, 0) is 37.7 Å². The fourth-order valence-corrected chi connectivity index (χ4v) is 2.72. The van der Waals surface area contributed by atoms with Gasteiger partial charge in [0.25, 0.3) is 0 Å². The molecule has 0 aliphatic heterocycles. The number of pyridine rings is 1. The summed E-state index contributed by atoms with van der Waals surface area (Å²) >= 11 is 6.03. The van der Waals surface area contributed by atoms with Gasteiger partial charge in [0.15, 0.2) is 0 Å². The van der Waals surface area contributed by atoms with E-state index in [0.29, 0.717) is 23.2 Å². The Labute approximate surface area is 118 Å². The van der Waals surface area contributed by atoms with Gasteiger partial charge in [0.05, 0.1) is 22.3 Å². The van der Waals surface area contributed by atoms with Crippen LogP contribution in [0, 0.1) is 11.3 Å². The number of carbonyl (C=O) groups excluding carboxylic acids is 1. The molecular formula is C14H20ClN3O. The predicted octanol–water partition coefficient (Wildman–Crippen LogP) is 2.83. The van der Waals surface area contributed by atoms with Crippen LogP contribution in [-0.2, 0) is 4.79 Å². The van der Waals surface area contributed by atoms with E-state index in [1.165, 1.54) is 0 Å². The van der Waals surface area contributed by atoms with Crippen molar-refractivity contribution in [1.82, 2.24) is 4.98 Å². The van der Waals surface area contributed by atoms with Crippen molar-refractivity contribution >= 4 is 23.2 Å². The standard InChI is InChI=1S/C14H20ClN3O/c1-10-2-5-14(9-16,6-3-10)13(19)18-12-8-17-7-4-11(12)15/h4,7-8,10H,2-3,5-6,9,16H2,1H3,(H,18,19). The van der Waals surface area contributed by atoms with E-state index in [2.05, 4.69) is 17.2 Å². The van der Waals surface area contributed by atoms with Gasteiger partial charge in [-0.1, -0.05) is 18.5 Å². The summed E-state index contributed by atoms with van der Waals surface area (Å²) in [6, 6.07) is 1.66. The Morgan fingerprint density at radius 3 is 2.84 bits per heavy atom. The van der Waals surface area contributed by atoms with Crippen LogP contribution in [0.3, 0.4) is 0 Å². The highest BCUT2D eigenvalue weighted by molar-refractivity contribution is 6.33. The van der Waals surface area contributed by atoms with E-state index in [9.17, 15) is 4.79 Å². The Morgan fingerprint density at radius 1 is 1.58 bits per heavy atom. The van der Waals surface area contributed by atoms with Crippen LogP contribution in [0.4, 0.5) is 5.69 Å². The molecule has 0 bridgehead atoms. The minimum atomic E-state index is -0.453. The first kappa shape index (κ1) is 14.3. The molecule has 1 aromatic rings. The van der Waals surface area contributed by atoms with Crippen molar-refractivity contribution in [1.29, 1.82) is 0 Å². The number of halogens is 1. The summed E-state index contributed by atoms with van der Waals surface area (Å²) in [7, 11) is 0. The molecule has 104 valence electrons. The molecule has 4 nitrogen and oxygen atoms in total. The van der Waals surface area contributed by atoms with Crippen molar-refractivity contribution < 1.29 is 4.79 Å². The van der Waals surface area contributed by atoms with Gasteiger partial charge in [0, 0.05) is 12.7 Å². The van der Waals surface area contributed by atoms with E-state index in [-0.39, 0.29) is 5.91 Å². The van der Waals surface area contributed by atoms with Crippen LogP contribution in [0.5, 0.6) is 0 Å². The third-order valence-electron chi connectivity index (χ3n) is 4.12. The average Bonchev–Trinajstić information content (AvgIpc) is 2.42. The van der Waals surface area contributed by atoms with Gasteiger partial charge in [-0.15, -0.1) is 0 Å². The molecule has 0 saturated heterocycles. The first-order valence-electron chi connectivity index (χ1n) is 6.68. The Hall–Kier alpha value is -1.13. The summed E-state index contributed by atoms with van der Waals surface area (Å²) in [5.41, 5.74) is 5.97. The lowest BCUT2D eigenvalue weighted by molar-refractivity contribution is -0.127. The minimum absolute atomic E-state index is 0.0307. The molecule has 0 aromatic carbocycles. The Morgan fingerprint density at radius 2 is 2.26 bits per heavy atom. The zero-order valence-electron chi connectivity index (χ0n) is 11.2. The third-order valence-corrected chi connectivity index (χ3v) is 4.45. The van der Waals surface area contributed by atoms with Crippen molar-refractivity contribution in [3.63, 3.8) is 0 Å². The maximum Gasteiger partial charge on any atom is 0.231 e. The van der Waals surface area contributed by atoms with Gasteiger partial charge >= 0.3 is 0 Å². The number of anilines is 1. The van der Waals surface area contributed by atoms with E-state index >= 15 is 0 Å². The van der Waals surface area contributed by atoms with Crippen LogP contribution in [0.25, 0.3) is 0 Å². The van der Waals surface area contributed by atoms with Crippen LogP contribution in [0.15, 0.2) is 18.5 Å². The average molecular weight is 282 g/mol. The van der Waals surface area contributed by atoms with Crippen molar-refractivity contribution in [3.8, 4) is 0 Å². The second kappa shape index (κ2) is 5.88. The van der Waals surface area contributed by atoms with E-state index in [1.54, 1.807) is 18.5 Å². The van der Waals surface area contributed by atoms with Crippen LogP contribution in [0.1, 0.15) is 32.6 Å². The molecule has 0 spiro atoms. The summed E-state index contributed by atoms with van der Waals surface area (Å²) in [5.74, 6) is 0.645. The molecule has 1 fully saturated rings. The lowest BCUT2D eigenvalue weighted by Crippen LogP contribution is -2.44. The van der Waals surface area contributed by atoms with Crippen molar-refractivity contribution in [2.45, 2.75) is 32.6 Å². The van der Waals surface area contributed by atoms with E-state index < -0.39 is 5.41 Å². The lowest BCUT2D eigenvalue weighted by Gasteiger charge is -2.37. The van der Waals surface area contributed by atoms with Crippen LogP contribution in [-0.4, -0.2) is 17.4 Å². The first-order valence-corrected chi connectivity index (χ1v) is 7.06. The summed E-state index contributed by atoms with van der Waals surface area (Å²) in [4.78, 5) is 16.5. The SMILES string of the molecule is CC1CCC(CN)(C(=O)Nc2cnccc2Cl)CC1. The van der Waals surface area contributed by atoms with Crippen LogP contribution in [0.2, 0.25) is 5.02 Å². The van der Waals surface area contributed by atoms with Gasteiger partial charge in [-0.2, -0.15) is 0 Å². The third kappa shape index (κ3) is 3.07. The first-order chi connectivity index (χ1) is 9.07. The highest BCUT2D eigenvalue weighted by Gasteiger charge is 2.39. The summed E-state index contributed by atoms with van der Waals surface area (Å²) in [5, 5.41) is 3.37. The van der Waals surface area contributed by atoms with E-state index in [4.69, 9.17) is 17.3 Å². The molecule has 0 radical (unpaired) electrons. The monoisotopic (exact) mass is 281 g/mol. The zero-order valence-corrected chi connectivity index (χ0v) is 11.9. The molecular weight excluding hydrogens is 262 g/mol. The van der Waals surface area contributed by atoms with E-state index in [1.807, 2.05) is 0 Å². The quantitative estimate of drug-likeness (QED) is 0.895. The second-order valence-corrected chi connectivity index (χ2v) is 5.88. The summed E-state index contributed by atoms with van der Waals surface area (Å²) in [6.07, 6.45) is 6.94. The summed E-state index contributed by atoms with van der Waals surface area (Å²) in [6.45, 7) is 2.60. The molecule has 1 aliphatic carbocycles. The van der Waals surface area contributed by atoms with Crippen molar-refractivity contribution in [2.24, 2.45) is 17.1 Å². The fourth-order valence-electron chi connectivity index (χ4n) is 2.56. The van der Waals surface area contributed by atoms with Gasteiger partial charge in [0.2, 0.25) is 5.91 Å². The van der Waals surface area contributed by atoms with Gasteiger partial charge in [-0.3, -0.25) is 9.78 Å². The van der Waals surface area contributed by atoms with E-state index in [0.717, 1.165) is 25.7 Å². The number of hydrogen-bond acceptors (Lipinski definition) is 3. The smallest absolute Gasteiger partial charge is 0.231 e. The maximum absolute atomic E-state index is 12.5. The van der Waals surface area contributed by atoms with Crippen molar-refractivity contribution in [2.75, 3.05) is 11.9 Å². The van der Waals surface area contributed by atoms with Crippen LogP contribution >= 0.6 is 11.6 Å². The van der Waals surface area contributed by atoms with Gasteiger partial charge in [0.1, 0.15) is 0 Å².